The number of nitrogens with two attached hydrogens (primary N) is 1. The lowest BCUT2D eigenvalue weighted by molar-refractivity contribution is 0.312. The summed E-state index contributed by atoms with van der Waals surface area (Å²) in [5.74, 6) is 2.49. The summed E-state index contributed by atoms with van der Waals surface area (Å²) in [5, 5.41) is 8.23. The van der Waals surface area contributed by atoms with Crippen LogP contribution in [-0.4, -0.2) is 21.6 Å². The van der Waals surface area contributed by atoms with Crippen LogP contribution in [0.2, 0.25) is 0 Å². The van der Waals surface area contributed by atoms with Crippen molar-refractivity contribution in [2.24, 2.45) is 0 Å². The Labute approximate surface area is 111 Å². The van der Waals surface area contributed by atoms with E-state index in [4.69, 9.17) is 10.5 Å². The van der Waals surface area contributed by atoms with E-state index < -0.39 is 0 Å². The van der Waals surface area contributed by atoms with Crippen LogP contribution in [0.25, 0.3) is 0 Å². The molecule has 1 aliphatic heterocycles. The molecule has 0 saturated heterocycles. The molecule has 1 saturated carbocycles. The number of para-hydroxylation sites is 1. The van der Waals surface area contributed by atoms with Crippen molar-refractivity contribution in [2.75, 3.05) is 12.3 Å². The van der Waals surface area contributed by atoms with Gasteiger partial charge in [0.25, 0.3) is 0 Å². The van der Waals surface area contributed by atoms with Gasteiger partial charge in [0.1, 0.15) is 5.75 Å². The largest absolute Gasteiger partial charge is 0.493 e. The number of hydrogen-bond acceptors (Lipinski definition) is 4. The summed E-state index contributed by atoms with van der Waals surface area (Å²) in [5.41, 5.74) is 8.30. The molecule has 1 atom stereocenters. The van der Waals surface area contributed by atoms with Crippen molar-refractivity contribution in [3.8, 4) is 5.75 Å². The van der Waals surface area contributed by atoms with Crippen molar-refractivity contribution in [1.29, 1.82) is 0 Å². The molecule has 0 spiro atoms. The molecule has 98 valence electrons. The monoisotopic (exact) mass is 256 g/mol. The van der Waals surface area contributed by atoms with Crippen molar-refractivity contribution >= 4 is 5.82 Å². The second-order valence-electron chi connectivity index (χ2n) is 5.36. The van der Waals surface area contributed by atoms with Crippen molar-refractivity contribution < 1.29 is 4.74 Å². The zero-order chi connectivity index (χ0) is 12.8. The maximum Gasteiger partial charge on any atom is 0.169 e. The Bertz CT molecular complexity index is 618. The predicted molar refractivity (Wildman–Crippen MR) is 71.1 cm³/mol. The maximum atomic E-state index is 5.93. The lowest BCUT2D eigenvalue weighted by Crippen LogP contribution is -2.14. The summed E-state index contributed by atoms with van der Waals surface area (Å²) in [4.78, 5) is 0. The molecule has 5 nitrogen and oxygen atoms in total. The summed E-state index contributed by atoms with van der Waals surface area (Å²) < 4.78 is 7.69. The lowest BCUT2D eigenvalue weighted by atomic mass is 10.0. The van der Waals surface area contributed by atoms with Crippen LogP contribution >= 0.6 is 0 Å². The number of fused-ring (bicyclic) bond motifs is 1. The van der Waals surface area contributed by atoms with Crippen LogP contribution in [0.5, 0.6) is 5.75 Å². The fourth-order valence-electron chi connectivity index (χ4n) is 2.83. The van der Waals surface area contributed by atoms with Crippen molar-refractivity contribution in [1.82, 2.24) is 15.0 Å². The highest BCUT2D eigenvalue weighted by Gasteiger charge is 2.32. The van der Waals surface area contributed by atoms with Crippen molar-refractivity contribution in [2.45, 2.75) is 31.2 Å². The highest BCUT2D eigenvalue weighted by molar-refractivity contribution is 5.41. The van der Waals surface area contributed by atoms with Gasteiger partial charge in [-0.15, -0.1) is 5.10 Å². The van der Waals surface area contributed by atoms with Crippen LogP contribution in [0.3, 0.4) is 0 Å². The number of aromatic nitrogens is 3. The first-order valence-electron chi connectivity index (χ1n) is 6.73. The number of anilines is 1. The minimum atomic E-state index is 0.342. The van der Waals surface area contributed by atoms with Crippen LogP contribution in [0.15, 0.2) is 24.3 Å². The third kappa shape index (κ3) is 1.77. The van der Waals surface area contributed by atoms with E-state index in [0.717, 1.165) is 18.0 Å². The highest BCUT2D eigenvalue weighted by Crippen LogP contribution is 2.43. The van der Waals surface area contributed by atoms with Gasteiger partial charge in [-0.2, -0.15) is 0 Å². The number of ether oxygens (including phenoxy) is 1. The van der Waals surface area contributed by atoms with E-state index in [1.54, 1.807) is 0 Å². The van der Waals surface area contributed by atoms with E-state index in [2.05, 4.69) is 22.4 Å². The third-order valence-electron chi connectivity index (χ3n) is 3.96. The smallest absolute Gasteiger partial charge is 0.169 e. The third-order valence-corrected chi connectivity index (χ3v) is 3.96. The van der Waals surface area contributed by atoms with Gasteiger partial charge in [0, 0.05) is 17.4 Å². The van der Waals surface area contributed by atoms with Crippen LogP contribution in [0.1, 0.15) is 35.9 Å². The molecule has 1 aromatic heterocycles. The Balaban J connectivity index is 1.63. The number of nitrogen functional groups attached to an aromatic ring is 1. The van der Waals surface area contributed by atoms with E-state index in [1.807, 2.05) is 16.8 Å². The molecule has 1 fully saturated rings. The molecule has 2 aromatic rings. The zero-order valence-electron chi connectivity index (χ0n) is 10.6. The Morgan fingerprint density at radius 3 is 3.00 bits per heavy atom. The van der Waals surface area contributed by atoms with Gasteiger partial charge < -0.3 is 10.5 Å². The average Bonchev–Trinajstić information content (AvgIpc) is 3.08. The van der Waals surface area contributed by atoms with E-state index >= 15 is 0 Å². The van der Waals surface area contributed by atoms with Crippen LogP contribution in [0, 0.1) is 0 Å². The van der Waals surface area contributed by atoms with Gasteiger partial charge in [0.2, 0.25) is 0 Å². The number of rotatable bonds is 3. The maximum absolute atomic E-state index is 5.93. The minimum absolute atomic E-state index is 0.342. The van der Waals surface area contributed by atoms with Gasteiger partial charge in [0.05, 0.1) is 18.8 Å². The van der Waals surface area contributed by atoms with Gasteiger partial charge in [0.15, 0.2) is 5.82 Å². The summed E-state index contributed by atoms with van der Waals surface area (Å²) in [6.07, 6.45) is 2.41. The SMILES string of the molecule is Nc1nnn(CC2COc3ccccc32)c1C1CC1. The van der Waals surface area contributed by atoms with Crippen LogP contribution in [0.4, 0.5) is 5.82 Å². The summed E-state index contributed by atoms with van der Waals surface area (Å²) in [6.45, 7) is 1.51. The van der Waals surface area contributed by atoms with E-state index in [1.165, 1.54) is 18.4 Å². The van der Waals surface area contributed by atoms with Gasteiger partial charge in [-0.25, -0.2) is 4.68 Å². The van der Waals surface area contributed by atoms with E-state index in [-0.39, 0.29) is 0 Å². The summed E-state index contributed by atoms with van der Waals surface area (Å²) in [6, 6.07) is 8.21. The fourth-order valence-corrected chi connectivity index (χ4v) is 2.83. The normalized spacial score (nSPS) is 21.2. The molecule has 1 aliphatic carbocycles. The molecule has 0 amide bonds. The van der Waals surface area contributed by atoms with E-state index in [9.17, 15) is 0 Å². The van der Waals surface area contributed by atoms with Gasteiger partial charge in [-0.05, 0) is 18.9 Å². The molecule has 1 aromatic carbocycles. The molecule has 19 heavy (non-hydrogen) atoms. The van der Waals surface area contributed by atoms with Crippen molar-refractivity contribution in [3.05, 3.63) is 35.5 Å². The molecule has 2 aliphatic rings. The van der Waals surface area contributed by atoms with Gasteiger partial charge in [-0.3, -0.25) is 0 Å². The first-order chi connectivity index (χ1) is 9.33. The lowest BCUT2D eigenvalue weighted by Gasteiger charge is -2.11. The molecule has 1 unspecified atom stereocenters. The van der Waals surface area contributed by atoms with Crippen LogP contribution < -0.4 is 10.5 Å². The summed E-state index contributed by atoms with van der Waals surface area (Å²) >= 11 is 0. The first kappa shape index (κ1) is 10.8. The zero-order valence-corrected chi connectivity index (χ0v) is 10.6. The summed E-state index contributed by atoms with van der Waals surface area (Å²) in [7, 11) is 0. The average molecular weight is 256 g/mol. The predicted octanol–water partition coefficient (Wildman–Crippen LogP) is 1.91. The van der Waals surface area contributed by atoms with Gasteiger partial charge in [-0.1, -0.05) is 23.4 Å². The van der Waals surface area contributed by atoms with E-state index in [0.29, 0.717) is 24.3 Å². The molecule has 2 heterocycles. The molecule has 4 rings (SSSR count). The quantitative estimate of drug-likeness (QED) is 0.911. The molecular formula is C14H16N4O. The van der Waals surface area contributed by atoms with Crippen LogP contribution in [-0.2, 0) is 6.54 Å². The minimum Gasteiger partial charge on any atom is -0.493 e. The number of nitrogens with zero attached hydrogens (tertiary/aromatic N) is 3. The Morgan fingerprint density at radius 2 is 2.16 bits per heavy atom. The first-order valence-corrected chi connectivity index (χ1v) is 6.73. The van der Waals surface area contributed by atoms with Crippen molar-refractivity contribution in [3.63, 3.8) is 0 Å². The second-order valence-corrected chi connectivity index (χ2v) is 5.36. The molecule has 0 bridgehead atoms. The topological polar surface area (TPSA) is 66.0 Å². The molecule has 2 N–H and O–H groups in total. The Kier molecular flexibility index (Phi) is 2.27. The Hall–Kier alpha value is -2.04. The standard InChI is InChI=1S/C14H16N4O/c15-14-13(9-5-6-9)18(17-16-14)7-10-8-19-12-4-2-1-3-11(10)12/h1-4,9-10H,5-8,15H2. The fraction of sp³-hybridized carbons (Fsp3) is 0.429. The highest BCUT2D eigenvalue weighted by atomic mass is 16.5. The Morgan fingerprint density at radius 1 is 1.32 bits per heavy atom. The number of hydrogen-bond donors (Lipinski definition) is 1. The molecule has 0 radical (unpaired) electrons. The molecular weight excluding hydrogens is 240 g/mol. The molecule has 5 heteroatoms. The second kappa shape index (κ2) is 3.98. The number of benzene rings is 1. The van der Waals surface area contributed by atoms with Gasteiger partial charge >= 0.3 is 0 Å².